The molecule has 1 saturated heterocycles. The van der Waals surface area contributed by atoms with Crippen molar-refractivity contribution >= 4 is 5.69 Å². The molecular weight excluding hydrogens is 217 g/mol. The summed E-state index contributed by atoms with van der Waals surface area (Å²) in [5, 5.41) is 3.05. The molecule has 1 aliphatic heterocycles. The normalized spacial score (nSPS) is 17.0. The van der Waals surface area contributed by atoms with E-state index in [0.717, 1.165) is 19.2 Å². The van der Waals surface area contributed by atoms with Gasteiger partial charge in [-0.2, -0.15) is 13.2 Å². The number of nitrogens with one attached hydrogen (secondary N) is 1. The van der Waals surface area contributed by atoms with Gasteiger partial charge in [-0.1, -0.05) is 12.1 Å². The Hall–Kier alpha value is -1.23. The zero-order chi connectivity index (χ0) is 11.8. The number of anilines is 1. The van der Waals surface area contributed by atoms with Crippen LogP contribution in [0.5, 0.6) is 0 Å². The molecule has 0 radical (unpaired) electrons. The van der Waals surface area contributed by atoms with Gasteiger partial charge in [0.1, 0.15) is 0 Å². The molecule has 2 nitrogen and oxygen atoms in total. The van der Waals surface area contributed by atoms with Crippen LogP contribution >= 0.6 is 0 Å². The maximum atomic E-state index is 12.8. The van der Waals surface area contributed by atoms with Crippen LogP contribution in [-0.4, -0.2) is 26.2 Å². The zero-order valence-corrected chi connectivity index (χ0v) is 8.88. The van der Waals surface area contributed by atoms with Crippen LogP contribution in [0.4, 0.5) is 18.9 Å². The molecule has 0 bridgehead atoms. The van der Waals surface area contributed by atoms with Gasteiger partial charge >= 0.3 is 6.18 Å². The van der Waals surface area contributed by atoms with Crippen molar-refractivity contribution in [1.82, 2.24) is 5.32 Å². The second kappa shape index (κ2) is 3.97. The third-order valence-electron chi connectivity index (χ3n) is 2.90. The Labute approximate surface area is 92.1 Å². The summed E-state index contributed by atoms with van der Waals surface area (Å²) >= 11 is 0. The van der Waals surface area contributed by atoms with Gasteiger partial charge in [-0.15, -0.1) is 0 Å². The van der Waals surface area contributed by atoms with Gasteiger partial charge in [-0.3, -0.25) is 0 Å². The fourth-order valence-corrected chi connectivity index (χ4v) is 1.76. The summed E-state index contributed by atoms with van der Waals surface area (Å²) in [6, 6.07) is 5.84. The van der Waals surface area contributed by atoms with Crippen LogP contribution in [0.15, 0.2) is 24.3 Å². The van der Waals surface area contributed by atoms with Crippen LogP contribution in [-0.2, 0) is 6.18 Å². The molecule has 0 atom stereocenters. The molecule has 1 aromatic carbocycles. The van der Waals surface area contributed by atoms with Crippen LogP contribution in [0.1, 0.15) is 5.56 Å². The number of para-hydroxylation sites is 1. The lowest BCUT2D eigenvalue weighted by Crippen LogP contribution is -2.56. The van der Waals surface area contributed by atoms with Crippen molar-refractivity contribution in [3.05, 3.63) is 29.8 Å². The standard InChI is InChI=1S/C11H13F3N2/c1-16(8-6-15-7-8)10-5-3-2-4-9(10)11(12,13)14/h2-5,8,15H,6-7H2,1H3. The Bertz CT molecular complexity index is 372. The number of hydrogen-bond acceptors (Lipinski definition) is 2. The van der Waals surface area contributed by atoms with E-state index < -0.39 is 11.7 Å². The van der Waals surface area contributed by atoms with E-state index in [9.17, 15) is 13.2 Å². The Morgan fingerprint density at radius 2 is 1.88 bits per heavy atom. The topological polar surface area (TPSA) is 15.3 Å². The monoisotopic (exact) mass is 230 g/mol. The molecule has 5 heteroatoms. The summed E-state index contributed by atoms with van der Waals surface area (Å²) in [5.41, 5.74) is -0.314. The molecule has 1 heterocycles. The fourth-order valence-electron chi connectivity index (χ4n) is 1.76. The highest BCUT2D eigenvalue weighted by atomic mass is 19.4. The molecule has 88 valence electrons. The molecular formula is C11H13F3N2. The number of halogens is 3. The predicted molar refractivity (Wildman–Crippen MR) is 56.5 cm³/mol. The number of hydrogen-bond donors (Lipinski definition) is 1. The highest BCUT2D eigenvalue weighted by Gasteiger charge is 2.35. The number of alkyl halides is 3. The average molecular weight is 230 g/mol. The van der Waals surface area contributed by atoms with Gasteiger partial charge < -0.3 is 10.2 Å². The molecule has 0 spiro atoms. The first kappa shape index (κ1) is 11.3. The second-order valence-electron chi connectivity index (χ2n) is 3.94. The maximum Gasteiger partial charge on any atom is 0.418 e. The van der Waals surface area contributed by atoms with Crippen molar-refractivity contribution in [3.63, 3.8) is 0 Å². The number of rotatable bonds is 2. The molecule has 0 saturated carbocycles. The van der Waals surface area contributed by atoms with E-state index in [-0.39, 0.29) is 11.7 Å². The summed E-state index contributed by atoms with van der Waals surface area (Å²) in [6.45, 7) is 1.48. The lowest BCUT2D eigenvalue weighted by atomic mass is 10.1. The fraction of sp³-hybridized carbons (Fsp3) is 0.455. The largest absolute Gasteiger partial charge is 0.418 e. The van der Waals surface area contributed by atoms with E-state index in [4.69, 9.17) is 0 Å². The second-order valence-corrected chi connectivity index (χ2v) is 3.94. The minimum atomic E-state index is -4.29. The van der Waals surface area contributed by atoms with Gasteiger partial charge in [-0.25, -0.2) is 0 Å². The molecule has 2 rings (SSSR count). The summed E-state index contributed by atoms with van der Waals surface area (Å²) in [4.78, 5) is 1.69. The van der Waals surface area contributed by atoms with E-state index in [0.29, 0.717) is 0 Å². The van der Waals surface area contributed by atoms with Crippen LogP contribution in [0.3, 0.4) is 0 Å². The van der Waals surface area contributed by atoms with Crippen LogP contribution in [0.25, 0.3) is 0 Å². The molecule has 16 heavy (non-hydrogen) atoms. The molecule has 0 aliphatic carbocycles. The average Bonchev–Trinajstić information content (AvgIpc) is 2.13. The quantitative estimate of drug-likeness (QED) is 0.837. The van der Waals surface area contributed by atoms with E-state index in [1.165, 1.54) is 12.1 Å². The Balaban J connectivity index is 2.32. The zero-order valence-electron chi connectivity index (χ0n) is 8.88. The van der Waals surface area contributed by atoms with Gasteiger partial charge in [0.25, 0.3) is 0 Å². The maximum absolute atomic E-state index is 12.8. The van der Waals surface area contributed by atoms with Crippen LogP contribution in [0.2, 0.25) is 0 Å². The molecule has 1 aromatic rings. The van der Waals surface area contributed by atoms with Gasteiger partial charge in [-0.05, 0) is 12.1 Å². The minimum absolute atomic E-state index is 0.156. The van der Waals surface area contributed by atoms with E-state index in [1.54, 1.807) is 18.0 Å². The molecule has 0 unspecified atom stereocenters. The van der Waals surface area contributed by atoms with Crippen LogP contribution in [0, 0.1) is 0 Å². The first-order chi connectivity index (χ1) is 7.50. The lowest BCUT2D eigenvalue weighted by Gasteiger charge is -2.38. The van der Waals surface area contributed by atoms with E-state index in [2.05, 4.69) is 5.32 Å². The number of likely N-dealkylation sites (N-methyl/N-ethyl adjacent to an activating group) is 1. The van der Waals surface area contributed by atoms with Gasteiger partial charge in [0, 0.05) is 25.8 Å². The van der Waals surface area contributed by atoms with Gasteiger partial charge in [0.05, 0.1) is 11.6 Å². The summed E-state index contributed by atoms with van der Waals surface area (Å²) < 4.78 is 38.3. The molecule has 1 aliphatic rings. The smallest absolute Gasteiger partial charge is 0.369 e. The van der Waals surface area contributed by atoms with E-state index >= 15 is 0 Å². The van der Waals surface area contributed by atoms with Gasteiger partial charge in [0.2, 0.25) is 0 Å². The first-order valence-electron chi connectivity index (χ1n) is 5.10. The summed E-state index contributed by atoms with van der Waals surface area (Å²) in [7, 11) is 1.70. The summed E-state index contributed by atoms with van der Waals surface area (Å²) in [6.07, 6.45) is -4.29. The third kappa shape index (κ3) is 2.00. The Morgan fingerprint density at radius 1 is 1.25 bits per heavy atom. The van der Waals surface area contributed by atoms with Crippen molar-refractivity contribution in [2.45, 2.75) is 12.2 Å². The van der Waals surface area contributed by atoms with Crippen molar-refractivity contribution in [2.24, 2.45) is 0 Å². The third-order valence-corrected chi connectivity index (χ3v) is 2.90. The Morgan fingerprint density at radius 3 is 2.38 bits per heavy atom. The number of nitrogens with zero attached hydrogens (tertiary/aromatic N) is 1. The number of benzene rings is 1. The van der Waals surface area contributed by atoms with Gasteiger partial charge in [0.15, 0.2) is 0 Å². The van der Waals surface area contributed by atoms with Crippen molar-refractivity contribution in [3.8, 4) is 0 Å². The van der Waals surface area contributed by atoms with E-state index in [1.807, 2.05) is 0 Å². The highest BCUT2D eigenvalue weighted by molar-refractivity contribution is 5.55. The molecule has 1 N–H and O–H groups in total. The predicted octanol–water partition coefficient (Wildman–Crippen LogP) is 2.11. The molecule has 0 aromatic heterocycles. The molecule has 1 fully saturated rings. The Kier molecular flexibility index (Phi) is 2.80. The molecule has 0 amide bonds. The van der Waals surface area contributed by atoms with Crippen LogP contribution < -0.4 is 10.2 Å². The SMILES string of the molecule is CN(c1ccccc1C(F)(F)F)C1CNC1. The lowest BCUT2D eigenvalue weighted by molar-refractivity contribution is -0.137. The van der Waals surface area contributed by atoms with Crippen molar-refractivity contribution in [2.75, 3.05) is 25.0 Å². The summed E-state index contributed by atoms with van der Waals surface area (Å²) in [5.74, 6) is 0. The first-order valence-corrected chi connectivity index (χ1v) is 5.10. The minimum Gasteiger partial charge on any atom is -0.369 e. The van der Waals surface area contributed by atoms with Crippen molar-refractivity contribution < 1.29 is 13.2 Å². The highest BCUT2D eigenvalue weighted by Crippen LogP contribution is 2.36. The van der Waals surface area contributed by atoms with Crippen molar-refractivity contribution in [1.29, 1.82) is 0 Å².